The zero-order valence-electron chi connectivity index (χ0n) is 6.82. The molecule has 0 heterocycles. The van der Waals surface area contributed by atoms with Crippen molar-refractivity contribution in [1.29, 1.82) is 0 Å². The molecule has 0 aromatic heterocycles. The van der Waals surface area contributed by atoms with Crippen LogP contribution in [0.2, 0.25) is 0 Å². The average molecular weight is 172 g/mol. The number of nitrogens with zero attached hydrogens (tertiary/aromatic N) is 1. The Morgan fingerprint density at radius 3 is 2.58 bits per heavy atom. The third-order valence-electron chi connectivity index (χ3n) is 1.24. The standard InChI is InChI=1S/C7H12N2O3/c1-5(9-2-3-10)6(4-8)7(11)12/h4,10H,2-3,8H2,1H3,(H,11,12). The first-order chi connectivity index (χ1) is 5.63. The molecular weight excluding hydrogens is 160 g/mol. The van der Waals surface area contributed by atoms with Crippen LogP contribution < -0.4 is 5.73 Å². The number of aliphatic carboxylic acids is 1. The highest BCUT2D eigenvalue weighted by atomic mass is 16.4. The van der Waals surface area contributed by atoms with Crippen molar-refractivity contribution in [3.63, 3.8) is 0 Å². The van der Waals surface area contributed by atoms with Crippen LogP contribution in [0.5, 0.6) is 0 Å². The van der Waals surface area contributed by atoms with Crippen molar-refractivity contribution in [3.8, 4) is 0 Å². The summed E-state index contributed by atoms with van der Waals surface area (Å²) in [4.78, 5) is 14.2. The summed E-state index contributed by atoms with van der Waals surface area (Å²) in [6.07, 6.45) is 0.985. The summed E-state index contributed by atoms with van der Waals surface area (Å²) in [5.74, 6) is -1.11. The Balaban J connectivity index is 4.43. The second-order valence-electron chi connectivity index (χ2n) is 2.08. The third-order valence-corrected chi connectivity index (χ3v) is 1.24. The summed E-state index contributed by atoms with van der Waals surface area (Å²) in [6.45, 7) is 1.62. The van der Waals surface area contributed by atoms with Crippen molar-refractivity contribution in [3.05, 3.63) is 11.8 Å². The molecule has 0 aromatic carbocycles. The number of carbonyl (C=O) groups is 1. The van der Waals surface area contributed by atoms with Crippen LogP contribution >= 0.6 is 0 Å². The van der Waals surface area contributed by atoms with Crippen LogP contribution in [0.25, 0.3) is 0 Å². The maximum Gasteiger partial charge on any atom is 0.339 e. The van der Waals surface area contributed by atoms with Crippen molar-refractivity contribution in [2.75, 3.05) is 13.2 Å². The summed E-state index contributed by atoms with van der Waals surface area (Å²) in [7, 11) is 0. The zero-order chi connectivity index (χ0) is 9.56. The highest BCUT2D eigenvalue weighted by Crippen LogP contribution is 1.96. The van der Waals surface area contributed by atoms with Crippen molar-refractivity contribution in [2.45, 2.75) is 6.92 Å². The Bertz CT molecular complexity index is 221. The third kappa shape index (κ3) is 3.16. The number of carboxylic acids is 1. The molecule has 0 saturated carbocycles. The number of aliphatic imine (C=N–C) groups is 1. The zero-order valence-corrected chi connectivity index (χ0v) is 6.82. The Morgan fingerprint density at radius 1 is 1.67 bits per heavy atom. The molecular formula is C7H12N2O3. The van der Waals surface area contributed by atoms with Crippen molar-refractivity contribution < 1.29 is 15.0 Å². The topological polar surface area (TPSA) is 95.9 Å². The largest absolute Gasteiger partial charge is 0.478 e. The molecule has 0 rings (SSSR count). The Hall–Kier alpha value is -1.36. The maximum absolute atomic E-state index is 10.4. The fourth-order valence-electron chi connectivity index (χ4n) is 0.650. The fourth-order valence-corrected chi connectivity index (χ4v) is 0.650. The van der Waals surface area contributed by atoms with Gasteiger partial charge < -0.3 is 15.9 Å². The van der Waals surface area contributed by atoms with Gasteiger partial charge in [-0.05, 0) is 6.92 Å². The van der Waals surface area contributed by atoms with Gasteiger partial charge in [0.1, 0.15) is 0 Å². The van der Waals surface area contributed by atoms with Crippen LogP contribution in [-0.2, 0) is 4.79 Å². The molecule has 0 unspecified atom stereocenters. The molecule has 12 heavy (non-hydrogen) atoms. The van der Waals surface area contributed by atoms with Gasteiger partial charge in [0.2, 0.25) is 0 Å². The van der Waals surface area contributed by atoms with E-state index in [0.29, 0.717) is 5.71 Å². The fraction of sp³-hybridized carbons (Fsp3) is 0.429. The Kier molecular flexibility index (Phi) is 4.71. The number of hydrogen-bond donors (Lipinski definition) is 3. The Morgan fingerprint density at radius 2 is 2.25 bits per heavy atom. The molecule has 68 valence electrons. The first kappa shape index (κ1) is 10.6. The lowest BCUT2D eigenvalue weighted by Gasteiger charge is -1.99. The van der Waals surface area contributed by atoms with Gasteiger partial charge >= 0.3 is 5.97 Å². The van der Waals surface area contributed by atoms with Gasteiger partial charge in [-0.2, -0.15) is 0 Å². The monoisotopic (exact) mass is 172 g/mol. The summed E-state index contributed by atoms with van der Waals surface area (Å²) in [5.41, 5.74) is 5.34. The molecule has 0 saturated heterocycles. The normalized spacial score (nSPS) is 13.2. The van der Waals surface area contributed by atoms with E-state index >= 15 is 0 Å². The maximum atomic E-state index is 10.4. The van der Waals surface area contributed by atoms with E-state index in [0.717, 1.165) is 6.20 Å². The molecule has 5 heteroatoms. The van der Waals surface area contributed by atoms with E-state index in [1.54, 1.807) is 0 Å². The van der Waals surface area contributed by atoms with Crippen molar-refractivity contribution in [2.24, 2.45) is 10.7 Å². The van der Waals surface area contributed by atoms with E-state index < -0.39 is 5.97 Å². The van der Waals surface area contributed by atoms with Gasteiger partial charge in [-0.15, -0.1) is 0 Å². The number of aliphatic hydroxyl groups excluding tert-OH is 1. The smallest absolute Gasteiger partial charge is 0.339 e. The van der Waals surface area contributed by atoms with Gasteiger partial charge in [0, 0.05) is 11.9 Å². The molecule has 0 aliphatic rings. The lowest BCUT2D eigenvalue weighted by Crippen LogP contribution is -2.12. The molecule has 0 spiro atoms. The van der Waals surface area contributed by atoms with E-state index in [4.69, 9.17) is 15.9 Å². The highest BCUT2D eigenvalue weighted by molar-refractivity contribution is 6.18. The summed E-state index contributed by atoms with van der Waals surface area (Å²) in [5, 5.41) is 17.0. The summed E-state index contributed by atoms with van der Waals surface area (Å²) in [6, 6.07) is 0. The van der Waals surface area contributed by atoms with Gasteiger partial charge in [0.05, 0.1) is 18.7 Å². The average Bonchev–Trinajstić information content (AvgIpc) is 2.01. The molecule has 0 aliphatic heterocycles. The molecule has 0 fully saturated rings. The first-order valence-electron chi connectivity index (χ1n) is 3.41. The van der Waals surface area contributed by atoms with Gasteiger partial charge in [-0.25, -0.2) is 4.79 Å². The van der Waals surface area contributed by atoms with Crippen LogP contribution in [0.15, 0.2) is 16.8 Å². The van der Waals surface area contributed by atoms with Gasteiger partial charge in [-0.3, -0.25) is 4.99 Å². The number of rotatable bonds is 4. The number of hydrogen-bond acceptors (Lipinski definition) is 4. The van der Waals surface area contributed by atoms with E-state index in [-0.39, 0.29) is 18.7 Å². The minimum absolute atomic E-state index is 0.0385. The molecule has 4 N–H and O–H groups in total. The molecule has 5 nitrogen and oxygen atoms in total. The van der Waals surface area contributed by atoms with E-state index in [1.807, 2.05) is 0 Å². The Labute approximate surface area is 70.2 Å². The second kappa shape index (κ2) is 5.31. The molecule has 0 radical (unpaired) electrons. The minimum Gasteiger partial charge on any atom is -0.478 e. The molecule has 0 aliphatic carbocycles. The lowest BCUT2D eigenvalue weighted by molar-refractivity contribution is -0.132. The SMILES string of the molecule is CC(=NCCO)C(=CN)C(=O)O. The van der Waals surface area contributed by atoms with Crippen LogP contribution in [-0.4, -0.2) is 35.0 Å². The van der Waals surface area contributed by atoms with Crippen molar-refractivity contribution >= 4 is 11.7 Å². The molecule has 0 amide bonds. The summed E-state index contributed by atoms with van der Waals surface area (Å²) < 4.78 is 0. The molecule has 0 aromatic rings. The molecule has 0 bridgehead atoms. The first-order valence-corrected chi connectivity index (χ1v) is 3.41. The summed E-state index contributed by atoms with van der Waals surface area (Å²) >= 11 is 0. The predicted molar refractivity (Wildman–Crippen MR) is 45.0 cm³/mol. The molecule has 0 atom stereocenters. The van der Waals surface area contributed by atoms with E-state index in [2.05, 4.69) is 4.99 Å². The second-order valence-corrected chi connectivity index (χ2v) is 2.08. The van der Waals surface area contributed by atoms with Crippen LogP contribution in [0.4, 0.5) is 0 Å². The van der Waals surface area contributed by atoms with Crippen LogP contribution in [0, 0.1) is 0 Å². The van der Waals surface area contributed by atoms with Crippen LogP contribution in [0.3, 0.4) is 0 Å². The van der Waals surface area contributed by atoms with Gasteiger partial charge in [-0.1, -0.05) is 0 Å². The predicted octanol–water partition coefficient (Wildman–Crippen LogP) is -0.633. The number of aliphatic hydroxyl groups is 1. The van der Waals surface area contributed by atoms with Crippen LogP contribution in [0.1, 0.15) is 6.92 Å². The van der Waals surface area contributed by atoms with Gasteiger partial charge in [0.15, 0.2) is 0 Å². The number of carboxylic acid groups (broad SMARTS) is 1. The van der Waals surface area contributed by atoms with Gasteiger partial charge in [0.25, 0.3) is 0 Å². The minimum atomic E-state index is -1.11. The van der Waals surface area contributed by atoms with Crippen molar-refractivity contribution in [1.82, 2.24) is 0 Å². The van der Waals surface area contributed by atoms with E-state index in [9.17, 15) is 4.79 Å². The quantitative estimate of drug-likeness (QED) is 0.388. The highest BCUT2D eigenvalue weighted by Gasteiger charge is 2.08. The number of nitrogens with two attached hydrogens (primary N) is 1. The van der Waals surface area contributed by atoms with E-state index in [1.165, 1.54) is 6.92 Å². The lowest BCUT2D eigenvalue weighted by atomic mass is 10.2.